The van der Waals surface area contributed by atoms with Crippen LogP contribution in [0.25, 0.3) is 0 Å². The minimum atomic E-state index is -0.460. The number of nitrogens with one attached hydrogen (secondary N) is 1. The van der Waals surface area contributed by atoms with Crippen molar-refractivity contribution in [3.63, 3.8) is 0 Å². The summed E-state index contributed by atoms with van der Waals surface area (Å²) in [6.07, 6.45) is 5.64. The number of nitrogens with zero attached hydrogens (tertiary/aromatic N) is 1. The summed E-state index contributed by atoms with van der Waals surface area (Å²) >= 11 is 1.50. The van der Waals surface area contributed by atoms with E-state index >= 15 is 0 Å². The third kappa shape index (κ3) is 7.37. The topological polar surface area (TPSA) is 49.4 Å². The van der Waals surface area contributed by atoms with Crippen molar-refractivity contribution >= 4 is 23.6 Å². The van der Waals surface area contributed by atoms with E-state index in [-0.39, 0.29) is 23.7 Å². The van der Waals surface area contributed by atoms with Crippen LogP contribution in [0.3, 0.4) is 0 Å². The maximum Gasteiger partial charge on any atom is 0.243 e. The number of hydrogen-bond donors (Lipinski definition) is 1. The number of amides is 2. The van der Waals surface area contributed by atoms with Crippen LogP contribution < -0.4 is 5.32 Å². The largest absolute Gasteiger partial charge is 0.352 e. The van der Waals surface area contributed by atoms with E-state index in [1.54, 1.807) is 17.0 Å². The average Bonchev–Trinajstić information content (AvgIpc) is 3.31. The highest BCUT2D eigenvalue weighted by atomic mass is 32.2. The van der Waals surface area contributed by atoms with Crippen LogP contribution in [0.4, 0.5) is 4.39 Å². The van der Waals surface area contributed by atoms with Gasteiger partial charge in [0.05, 0.1) is 5.75 Å². The molecule has 1 saturated carbocycles. The van der Waals surface area contributed by atoms with Gasteiger partial charge in [-0.05, 0) is 48.9 Å². The second-order valence-electron chi connectivity index (χ2n) is 8.36. The second-order valence-corrected chi connectivity index (χ2v) is 9.34. The van der Waals surface area contributed by atoms with Crippen LogP contribution >= 0.6 is 11.8 Å². The first-order valence-electron chi connectivity index (χ1n) is 11.5. The number of carbonyl (C=O) groups is 2. The molecule has 1 N–H and O–H groups in total. The Kier molecular flexibility index (Phi) is 9.60. The third-order valence-electron chi connectivity index (χ3n) is 5.98. The molecule has 0 radical (unpaired) electrons. The van der Waals surface area contributed by atoms with E-state index < -0.39 is 6.04 Å². The van der Waals surface area contributed by atoms with Crippen LogP contribution in [0.5, 0.6) is 0 Å². The molecule has 6 heteroatoms. The summed E-state index contributed by atoms with van der Waals surface area (Å²) in [6.45, 7) is 2.48. The lowest BCUT2D eigenvalue weighted by atomic mass is 10.1. The Labute approximate surface area is 195 Å². The van der Waals surface area contributed by atoms with Crippen LogP contribution in [-0.4, -0.2) is 41.1 Å². The molecule has 0 heterocycles. The summed E-state index contributed by atoms with van der Waals surface area (Å²) in [5, 5.41) is 3.18. The smallest absolute Gasteiger partial charge is 0.243 e. The van der Waals surface area contributed by atoms with Crippen LogP contribution in [0.15, 0.2) is 54.6 Å². The number of hydrogen-bond acceptors (Lipinski definition) is 3. The predicted molar refractivity (Wildman–Crippen MR) is 129 cm³/mol. The first kappa shape index (κ1) is 24.3. The molecule has 1 aliphatic carbocycles. The molecule has 0 aromatic heterocycles. The monoisotopic (exact) mass is 456 g/mol. The lowest BCUT2D eigenvalue weighted by molar-refractivity contribution is -0.139. The highest BCUT2D eigenvalue weighted by Crippen LogP contribution is 2.20. The first-order chi connectivity index (χ1) is 15.6. The maximum absolute atomic E-state index is 13.2. The standard InChI is InChI=1S/C26H33FN2O2S/c1-2-24(26(31)28-23-10-6-7-11-23)29(17-16-20-8-4-3-5-9-20)25(30)19-32-18-21-12-14-22(27)15-13-21/h3-5,8-9,12-15,23-24H,2,6-7,10-11,16-19H2,1H3,(H,28,31)/t24-/m0/s1. The van der Waals surface area contributed by atoms with Crippen molar-refractivity contribution in [1.29, 1.82) is 0 Å². The van der Waals surface area contributed by atoms with Crippen LogP contribution in [0.1, 0.15) is 50.2 Å². The number of benzene rings is 2. The zero-order valence-corrected chi connectivity index (χ0v) is 19.6. The summed E-state index contributed by atoms with van der Waals surface area (Å²) in [5.74, 6) is 0.593. The molecule has 3 rings (SSSR count). The van der Waals surface area contributed by atoms with E-state index in [9.17, 15) is 14.0 Å². The highest BCUT2D eigenvalue weighted by Gasteiger charge is 2.30. The zero-order chi connectivity index (χ0) is 22.8. The molecule has 2 amide bonds. The minimum Gasteiger partial charge on any atom is -0.352 e. The van der Waals surface area contributed by atoms with Gasteiger partial charge in [0.25, 0.3) is 0 Å². The summed E-state index contributed by atoms with van der Waals surface area (Å²) in [7, 11) is 0. The lowest BCUT2D eigenvalue weighted by Gasteiger charge is -2.31. The highest BCUT2D eigenvalue weighted by molar-refractivity contribution is 7.99. The Bertz CT molecular complexity index is 854. The summed E-state index contributed by atoms with van der Waals surface area (Å²) < 4.78 is 13.1. The molecule has 2 aromatic rings. The normalized spacial score (nSPS) is 14.8. The van der Waals surface area contributed by atoms with Gasteiger partial charge in [0.2, 0.25) is 11.8 Å². The van der Waals surface area contributed by atoms with Gasteiger partial charge in [0.1, 0.15) is 11.9 Å². The van der Waals surface area contributed by atoms with E-state index in [0.717, 1.165) is 36.8 Å². The molecule has 172 valence electrons. The van der Waals surface area contributed by atoms with Crippen molar-refractivity contribution in [2.45, 2.75) is 63.3 Å². The number of carbonyl (C=O) groups excluding carboxylic acids is 2. The van der Waals surface area contributed by atoms with Crippen LogP contribution in [-0.2, 0) is 21.8 Å². The van der Waals surface area contributed by atoms with E-state index in [1.165, 1.54) is 23.9 Å². The Balaban J connectivity index is 1.63. The van der Waals surface area contributed by atoms with Gasteiger partial charge in [-0.3, -0.25) is 9.59 Å². The SMILES string of the molecule is CC[C@@H](C(=O)NC1CCCC1)N(CCc1ccccc1)C(=O)CSCc1ccc(F)cc1. The van der Waals surface area contributed by atoms with E-state index in [0.29, 0.717) is 30.9 Å². The quantitative estimate of drug-likeness (QED) is 0.520. The fraction of sp³-hybridized carbons (Fsp3) is 0.462. The minimum absolute atomic E-state index is 0.0264. The molecule has 0 unspecified atom stereocenters. The fourth-order valence-corrected chi connectivity index (χ4v) is 5.05. The van der Waals surface area contributed by atoms with Gasteiger partial charge in [-0.25, -0.2) is 4.39 Å². The molecule has 2 aromatic carbocycles. The van der Waals surface area contributed by atoms with Gasteiger partial charge in [0.15, 0.2) is 0 Å². The molecule has 0 bridgehead atoms. The molecule has 1 fully saturated rings. The van der Waals surface area contributed by atoms with Crippen molar-refractivity contribution in [3.8, 4) is 0 Å². The molecule has 0 aliphatic heterocycles. The molecule has 1 atom stereocenters. The third-order valence-corrected chi connectivity index (χ3v) is 6.97. The van der Waals surface area contributed by atoms with Gasteiger partial charge in [-0.15, -0.1) is 11.8 Å². The Morgan fingerprint density at radius 1 is 1.06 bits per heavy atom. The number of thioether (sulfide) groups is 1. The Morgan fingerprint density at radius 3 is 2.41 bits per heavy atom. The van der Waals surface area contributed by atoms with Crippen molar-refractivity contribution in [2.24, 2.45) is 0 Å². The second kappa shape index (κ2) is 12.6. The van der Waals surface area contributed by atoms with Crippen LogP contribution in [0.2, 0.25) is 0 Å². The zero-order valence-electron chi connectivity index (χ0n) is 18.8. The fourth-order valence-electron chi connectivity index (χ4n) is 4.18. The van der Waals surface area contributed by atoms with E-state index in [2.05, 4.69) is 5.32 Å². The summed E-state index contributed by atoms with van der Waals surface area (Å²) in [6, 6.07) is 16.2. The predicted octanol–water partition coefficient (Wildman–Crippen LogP) is 4.97. The average molecular weight is 457 g/mol. The lowest BCUT2D eigenvalue weighted by Crippen LogP contribution is -2.52. The summed E-state index contributed by atoms with van der Waals surface area (Å²) in [4.78, 5) is 28.0. The molecule has 0 spiro atoms. The molecule has 0 saturated heterocycles. The molecular weight excluding hydrogens is 423 g/mol. The molecular formula is C26H33FN2O2S. The van der Waals surface area contributed by atoms with Crippen LogP contribution in [0, 0.1) is 5.82 Å². The van der Waals surface area contributed by atoms with Crippen molar-refractivity contribution in [3.05, 3.63) is 71.5 Å². The molecule has 32 heavy (non-hydrogen) atoms. The van der Waals surface area contributed by atoms with Crippen molar-refractivity contribution in [1.82, 2.24) is 10.2 Å². The maximum atomic E-state index is 13.2. The van der Waals surface area contributed by atoms with Crippen molar-refractivity contribution < 1.29 is 14.0 Å². The van der Waals surface area contributed by atoms with Gasteiger partial charge in [0, 0.05) is 18.3 Å². The number of halogens is 1. The summed E-state index contributed by atoms with van der Waals surface area (Å²) in [5.41, 5.74) is 2.13. The molecule has 4 nitrogen and oxygen atoms in total. The van der Waals surface area contributed by atoms with Gasteiger partial charge >= 0.3 is 0 Å². The van der Waals surface area contributed by atoms with Gasteiger partial charge in [-0.2, -0.15) is 0 Å². The van der Waals surface area contributed by atoms with Gasteiger partial charge < -0.3 is 10.2 Å². The first-order valence-corrected chi connectivity index (χ1v) is 12.7. The van der Waals surface area contributed by atoms with E-state index in [4.69, 9.17) is 0 Å². The molecule has 1 aliphatic rings. The van der Waals surface area contributed by atoms with Crippen molar-refractivity contribution in [2.75, 3.05) is 12.3 Å². The Morgan fingerprint density at radius 2 is 1.75 bits per heavy atom. The van der Waals surface area contributed by atoms with E-state index in [1.807, 2.05) is 37.3 Å². The number of rotatable bonds is 11. The Hall–Kier alpha value is -2.34. The van der Waals surface area contributed by atoms with Gasteiger partial charge in [-0.1, -0.05) is 62.2 Å².